The largest absolute Gasteiger partial charge is 0.325 e. The van der Waals surface area contributed by atoms with E-state index in [0.29, 0.717) is 27.4 Å². The zero-order valence-corrected chi connectivity index (χ0v) is 19.7. The molecule has 162 valence electrons. The van der Waals surface area contributed by atoms with Crippen molar-refractivity contribution in [2.45, 2.75) is 20.4 Å². The van der Waals surface area contributed by atoms with Crippen molar-refractivity contribution < 1.29 is 9.59 Å². The molecule has 0 aliphatic carbocycles. The lowest BCUT2D eigenvalue weighted by Gasteiger charge is -2.18. The summed E-state index contributed by atoms with van der Waals surface area (Å²) >= 11 is 13.3. The highest BCUT2D eigenvalue weighted by molar-refractivity contribution is 7.14. The third-order valence-corrected chi connectivity index (χ3v) is 6.00. The molecule has 0 saturated carbocycles. The van der Waals surface area contributed by atoms with E-state index in [0.717, 1.165) is 16.9 Å². The van der Waals surface area contributed by atoms with Crippen LogP contribution in [-0.2, 0) is 16.1 Å². The number of benzene rings is 2. The van der Waals surface area contributed by atoms with Gasteiger partial charge in [0.25, 0.3) is 0 Å². The topological polar surface area (TPSA) is 65.5 Å². The van der Waals surface area contributed by atoms with Gasteiger partial charge in [-0.3, -0.25) is 19.4 Å². The van der Waals surface area contributed by atoms with Crippen molar-refractivity contribution in [1.29, 1.82) is 0 Å². The van der Waals surface area contributed by atoms with E-state index in [1.54, 1.807) is 23.1 Å². The zero-order chi connectivity index (χ0) is 22.5. The van der Waals surface area contributed by atoms with E-state index in [9.17, 15) is 9.59 Å². The molecule has 0 radical (unpaired) electrons. The lowest BCUT2D eigenvalue weighted by atomic mass is 10.2. The van der Waals surface area contributed by atoms with Gasteiger partial charge < -0.3 is 5.32 Å². The average Bonchev–Trinajstić information content (AvgIpc) is 3.13. The molecule has 2 amide bonds. The van der Waals surface area contributed by atoms with Gasteiger partial charge in [-0.2, -0.15) is 0 Å². The van der Waals surface area contributed by atoms with Crippen LogP contribution in [0.2, 0.25) is 10.0 Å². The molecule has 0 atom stereocenters. The van der Waals surface area contributed by atoms with E-state index in [1.165, 1.54) is 18.3 Å². The maximum atomic E-state index is 12.3. The van der Waals surface area contributed by atoms with Crippen molar-refractivity contribution >= 4 is 62.9 Å². The first-order valence-electron chi connectivity index (χ1n) is 9.48. The summed E-state index contributed by atoms with van der Waals surface area (Å²) in [5.74, 6) is -0.291. The van der Waals surface area contributed by atoms with Gasteiger partial charge in [-0.1, -0.05) is 40.9 Å². The minimum atomic E-state index is -0.179. The molecule has 1 aromatic heterocycles. The highest BCUT2D eigenvalue weighted by atomic mass is 35.5. The lowest BCUT2D eigenvalue weighted by Crippen LogP contribution is -2.30. The molecule has 2 aromatic carbocycles. The molecule has 0 aliphatic rings. The number of anilines is 3. The van der Waals surface area contributed by atoms with E-state index < -0.39 is 0 Å². The summed E-state index contributed by atoms with van der Waals surface area (Å²) < 4.78 is 0. The molecule has 1 heterocycles. The average molecular weight is 477 g/mol. The molecule has 31 heavy (non-hydrogen) atoms. The maximum Gasteiger partial charge on any atom is 0.238 e. The second-order valence-electron chi connectivity index (χ2n) is 7.16. The number of rotatable bonds is 7. The Morgan fingerprint density at radius 2 is 1.81 bits per heavy atom. The maximum absolute atomic E-state index is 12.3. The Bertz CT molecular complexity index is 1090. The number of thiazole rings is 1. The van der Waals surface area contributed by atoms with Crippen LogP contribution in [0.5, 0.6) is 0 Å². The Hall–Kier alpha value is -2.45. The van der Waals surface area contributed by atoms with Gasteiger partial charge in [0.15, 0.2) is 5.13 Å². The number of carbonyl (C=O) groups is 2. The molecule has 6 nitrogen and oxygen atoms in total. The van der Waals surface area contributed by atoms with E-state index in [1.807, 2.05) is 48.5 Å². The Morgan fingerprint density at radius 1 is 1.10 bits per heavy atom. The third kappa shape index (κ3) is 6.27. The van der Waals surface area contributed by atoms with Gasteiger partial charge in [-0.05, 0) is 44.3 Å². The molecule has 3 rings (SSSR count). The van der Waals surface area contributed by atoms with E-state index in [4.69, 9.17) is 23.2 Å². The van der Waals surface area contributed by atoms with Crippen LogP contribution in [0.1, 0.15) is 18.2 Å². The number of likely N-dealkylation sites (N-methyl/N-ethyl adjacent to an activating group) is 1. The van der Waals surface area contributed by atoms with E-state index >= 15 is 0 Å². The fourth-order valence-electron chi connectivity index (χ4n) is 2.94. The van der Waals surface area contributed by atoms with Crippen LogP contribution >= 0.6 is 34.5 Å². The monoisotopic (exact) mass is 476 g/mol. The fraction of sp³-hybridized carbons (Fsp3) is 0.227. The van der Waals surface area contributed by atoms with Gasteiger partial charge >= 0.3 is 0 Å². The van der Waals surface area contributed by atoms with E-state index in [2.05, 4.69) is 10.3 Å². The Kier molecular flexibility index (Phi) is 7.67. The first-order valence-corrected chi connectivity index (χ1v) is 11.1. The highest BCUT2D eigenvalue weighted by Gasteiger charge is 2.18. The number of hydrogen-bond donors (Lipinski definition) is 1. The molecule has 1 N–H and O–H groups in total. The van der Waals surface area contributed by atoms with Crippen LogP contribution < -0.4 is 10.2 Å². The summed E-state index contributed by atoms with van der Waals surface area (Å²) in [5.41, 5.74) is 3.25. The summed E-state index contributed by atoms with van der Waals surface area (Å²) in [5, 5.41) is 6.10. The van der Waals surface area contributed by atoms with Crippen molar-refractivity contribution in [1.82, 2.24) is 9.88 Å². The van der Waals surface area contributed by atoms with Crippen molar-refractivity contribution in [3.63, 3.8) is 0 Å². The van der Waals surface area contributed by atoms with Crippen LogP contribution in [0, 0.1) is 6.92 Å². The minimum Gasteiger partial charge on any atom is -0.325 e. The number of carbonyl (C=O) groups excluding carboxylic acids is 2. The number of aromatic nitrogens is 1. The second-order valence-corrected chi connectivity index (χ2v) is 8.81. The SMILES string of the molecule is CC(=O)N(c1ccc(C)cc1)c1nc(CN(C)CC(=O)Nc2ccc(Cl)c(Cl)c2)cs1. The summed E-state index contributed by atoms with van der Waals surface area (Å²) in [6.45, 7) is 4.14. The smallest absolute Gasteiger partial charge is 0.238 e. The van der Waals surface area contributed by atoms with Crippen LogP contribution in [0.4, 0.5) is 16.5 Å². The molecular weight excluding hydrogens is 455 g/mol. The van der Waals surface area contributed by atoms with Gasteiger partial charge in [0, 0.05) is 24.5 Å². The molecule has 0 unspecified atom stereocenters. The normalized spacial score (nSPS) is 10.9. The number of aryl methyl sites for hydroxylation is 1. The van der Waals surface area contributed by atoms with E-state index in [-0.39, 0.29) is 18.4 Å². The number of amides is 2. The summed E-state index contributed by atoms with van der Waals surface area (Å²) in [6, 6.07) is 12.7. The van der Waals surface area contributed by atoms with Gasteiger partial charge in [-0.15, -0.1) is 11.3 Å². The molecule has 0 fully saturated rings. The van der Waals surface area contributed by atoms with Crippen LogP contribution in [-0.4, -0.2) is 35.3 Å². The van der Waals surface area contributed by atoms with Gasteiger partial charge in [0.1, 0.15) is 0 Å². The molecule has 3 aromatic rings. The second kappa shape index (κ2) is 10.2. The van der Waals surface area contributed by atoms with Crippen LogP contribution in [0.15, 0.2) is 47.8 Å². The zero-order valence-electron chi connectivity index (χ0n) is 17.4. The minimum absolute atomic E-state index is 0.112. The fourth-order valence-corrected chi connectivity index (χ4v) is 4.12. The predicted molar refractivity (Wildman–Crippen MR) is 128 cm³/mol. The number of nitrogens with one attached hydrogen (secondary N) is 1. The predicted octanol–water partition coefficient (Wildman–Crippen LogP) is 5.51. The number of halogens is 2. The lowest BCUT2D eigenvalue weighted by molar-refractivity contribution is -0.117. The molecule has 0 saturated heterocycles. The molecule has 9 heteroatoms. The quantitative estimate of drug-likeness (QED) is 0.487. The van der Waals surface area contributed by atoms with Crippen LogP contribution in [0.3, 0.4) is 0 Å². The Labute approximate surface area is 195 Å². The van der Waals surface area contributed by atoms with Crippen molar-refractivity contribution in [3.8, 4) is 0 Å². The molecule has 0 aliphatic heterocycles. The van der Waals surface area contributed by atoms with Crippen molar-refractivity contribution in [2.75, 3.05) is 23.8 Å². The van der Waals surface area contributed by atoms with Crippen molar-refractivity contribution in [3.05, 3.63) is 69.1 Å². The Balaban J connectivity index is 1.62. The summed E-state index contributed by atoms with van der Waals surface area (Å²) in [6.07, 6.45) is 0. The van der Waals surface area contributed by atoms with Gasteiger partial charge in [-0.25, -0.2) is 4.98 Å². The summed E-state index contributed by atoms with van der Waals surface area (Å²) in [7, 11) is 1.83. The molecule has 0 spiro atoms. The summed E-state index contributed by atoms with van der Waals surface area (Å²) in [4.78, 5) is 32.6. The molecular formula is C22H22Cl2N4O2S. The first-order chi connectivity index (χ1) is 14.7. The third-order valence-electron chi connectivity index (χ3n) is 4.39. The van der Waals surface area contributed by atoms with Gasteiger partial charge in [0.2, 0.25) is 11.8 Å². The first kappa shape index (κ1) is 23.2. The van der Waals surface area contributed by atoms with Crippen molar-refractivity contribution in [2.24, 2.45) is 0 Å². The Morgan fingerprint density at radius 3 is 2.45 bits per heavy atom. The number of nitrogens with zero attached hydrogens (tertiary/aromatic N) is 3. The standard InChI is InChI=1S/C22H22Cl2N4O2S/c1-14-4-7-18(8-5-14)28(15(2)29)22-26-17(13-31-22)11-27(3)12-21(30)25-16-6-9-19(23)20(24)10-16/h4-10,13H,11-12H2,1-3H3,(H,25,30). The van der Waals surface area contributed by atoms with Crippen LogP contribution in [0.25, 0.3) is 0 Å². The molecule has 0 bridgehead atoms. The highest BCUT2D eigenvalue weighted by Crippen LogP contribution is 2.29. The van der Waals surface area contributed by atoms with Gasteiger partial charge in [0.05, 0.1) is 28.0 Å². The number of hydrogen-bond acceptors (Lipinski definition) is 5.